The summed E-state index contributed by atoms with van der Waals surface area (Å²) < 4.78 is 5.67. The summed E-state index contributed by atoms with van der Waals surface area (Å²) in [6, 6.07) is 12.6. The first kappa shape index (κ1) is 26.5. The molecule has 3 rings (SSSR count). The van der Waals surface area contributed by atoms with Crippen LogP contribution in [0.3, 0.4) is 0 Å². The Kier molecular flexibility index (Phi) is 9.92. The molecule has 0 aliphatic carbocycles. The van der Waals surface area contributed by atoms with Gasteiger partial charge in [0.25, 0.3) is 0 Å². The van der Waals surface area contributed by atoms with E-state index in [9.17, 15) is 15.3 Å². The van der Waals surface area contributed by atoms with Crippen LogP contribution in [0, 0.1) is 22.7 Å². The molecule has 1 saturated heterocycles. The zero-order valence-corrected chi connectivity index (χ0v) is 21.0. The number of aliphatic hydroxyl groups excluding tert-OH is 1. The van der Waals surface area contributed by atoms with Crippen molar-refractivity contribution in [3.63, 3.8) is 0 Å². The summed E-state index contributed by atoms with van der Waals surface area (Å²) in [7, 11) is 0. The van der Waals surface area contributed by atoms with Crippen molar-refractivity contribution in [3.8, 4) is 12.1 Å². The highest BCUT2D eigenvalue weighted by atomic mass is 32.2. The summed E-state index contributed by atoms with van der Waals surface area (Å²) >= 11 is 1.50. The second-order valence-electron chi connectivity index (χ2n) is 8.34. The number of rotatable bonds is 10. The summed E-state index contributed by atoms with van der Waals surface area (Å²) in [6.07, 6.45) is 2.25. The number of aromatic nitrogens is 1. The van der Waals surface area contributed by atoms with Gasteiger partial charge in [-0.2, -0.15) is 10.5 Å². The van der Waals surface area contributed by atoms with Gasteiger partial charge in [-0.25, -0.2) is 4.98 Å². The van der Waals surface area contributed by atoms with Crippen molar-refractivity contribution in [2.75, 3.05) is 31.2 Å². The van der Waals surface area contributed by atoms with Crippen LogP contribution in [0.4, 0.5) is 5.82 Å². The van der Waals surface area contributed by atoms with Crippen molar-refractivity contribution in [2.24, 2.45) is 0 Å². The quantitative estimate of drug-likeness (QED) is 0.484. The molecule has 0 atom stereocenters. The van der Waals surface area contributed by atoms with Crippen LogP contribution in [0.25, 0.3) is 0 Å². The van der Waals surface area contributed by atoms with E-state index in [4.69, 9.17) is 14.8 Å². The molecular formula is C26H31N5O3S. The number of carbonyl (C=O) groups is 1. The largest absolute Gasteiger partial charge is 0.394 e. The maximum absolute atomic E-state index is 11.1. The average Bonchev–Trinajstić information content (AvgIpc) is 2.89. The maximum atomic E-state index is 11.1. The van der Waals surface area contributed by atoms with E-state index >= 15 is 0 Å². The Labute approximate surface area is 210 Å². The number of carbonyl (C=O) groups excluding carboxylic acids is 1. The van der Waals surface area contributed by atoms with Crippen molar-refractivity contribution in [2.45, 2.75) is 56.5 Å². The van der Waals surface area contributed by atoms with Gasteiger partial charge in [0.1, 0.15) is 23.0 Å². The molecule has 0 bridgehead atoms. The average molecular weight is 494 g/mol. The highest BCUT2D eigenvalue weighted by molar-refractivity contribution is 7.98. The van der Waals surface area contributed by atoms with Crippen LogP contribution in [-0.4, -0.2) is 48.4 Å². The number of ether oxygens (including phenoxy) is 1. The molecule has 0 spiro atoms. The molecule has 1 aromatic carbocycles. The lowest BCUT2D eigenvalue weighted by Crippen LogP contribution is -2.38. The highest BCUT2D eigenvalue weighted by Gasteiger charge is 2.26. The van der Waals surface area contributed by atoms with Gasteiger partial charge >= 0.3 is 0 Å². The van der Waals surface area contributed by atoms with Crippen molar-refractivity contribution in [1.29, 1.82) is 10.5 Å². The van der Waals surface area contributed by atoms with Crippen LogP contribution in [0.15, 0.2) is 29.3 Å². The van der Waals surface area contributed by atoms with Gasteiger partial charge in [-0.1, -0.05) is 31.2 Å². The molecule has 1 aliphatic rings. The third-order valence-corrected chi connectivity index (χ3v) is 7.00. The normalized spacial score (nSPS) is 13.8. The van der Waals surface area contributed by atoms with E-state index in [-0.39, 0.29) is 18.6 Å². The minimum Gasteiger partial charge on any atom is -0.394 e. The van der Waals surface area contributed by atoms with E-state index in [1.165, 1.54) is 18.7 Å². The Hall–Kier alpha value is -3.11. The number of nitriles is 2. The molecule has 2 N–H and O–H groups in total. The third kappa shape index (κ3) is 6.95. The summed E-state index contributed by atoms with van der Waals surface area (Å²) in [5.41, 5.74) is 3.79. The van der Waals surface area contributed by atoms with Gasteiger partial charge in [0, 0.05) is 32.3 Å². The number of aliphatic hydroxyl groups is 1. The lowest BCUT2D eigenvalue weighted by atomic mass is 10.0. The number of hydrogen-bond donors (Lipinski definition) is 2. The van der Waals surface area contributed by atoms with Gasteiger partial charge in [-0.15, -0.1) is 11.8 Å². The smallest absolute Gasteiger partial charge is 0.217 e. The first-order chi connectivity index (χ1) is 17.0. The van der Waals surface area contributed by atoms with Crippen LogP contribution in [-0.2, 0) is 28.2 Å². The number of nitrogens with zero attached hydrogens (tertiary/aromatic N) is 4. The molecule has 35 heavy (non-hydrogen) atoms. The van der Waals surface area contributed by atoms with E-state index in [1.807, 2.05) is 31.2 Å². The number of anilines is 1. The number of pyridine rings is 1. The SMILES string of the molecule is CCc1c(C#N)c(SCc2ccc(CNC(C)=O)cc2)nc(N2CCC(OCCO)CC2)c1C#N. The van der Waals surface area contributed by atoms with Crippen LogP contribution in [0.1, 0.15) is 54.5 Å². The lowest BCUT2D eigenvalue weighted by molar-refractivity contribution is -0.119. The molecule has 1 fully saturated rings. The number of benzene rings is 1. The Bertz CT molecular complexity index is 1100. The molecule has 1 aromatic heterocycles. The highest BCUT2D eigenvalue weighted by Crippen LogP contribution is 2.34. The van der Waals surface area contributed by atoms with E-state index in [0.717, 1.165) is 29.5 Å². The summed E-state index contributed by atoms with van der Waals surface area (Å²) in [5, 5.41) is 32.3. The second-order valence-corrected chi connectivity index (χ2v) is 9.31. The predicted molar refractivity (Wildman–Crippen MR) is 135 cm³/mol. The Morgan fingerprint density at radius 3 is 2.43 bits per heavy atom. The molecule has 184 valence electrons. The fourth-order valence-corrected chi connectivity index (χ4v) is 5.06. The Balaban J connectivity index is 1.80. The van der Waals surface area contributed by atoms with Crippen molar-refractivity contribution < 1.29 is 14.6 Å². The number of piperidine rings is 1. The summed E-state index contributed by atoms with van der Waals surface area (Å²) in [5.74, 6) is 1.20. The van der Waals surface area contributed by atoms with E-state index < -0.39 is 0 Å². The molecule has 1 amide bonds. The maximum Gasteiger partial charge on any atom is 0.217 e. The molecule has 0 saturated carbocycles. The molecule has 9 heteroatoms. The van der Waals surface area contributed by atoms with Crippen molar-refractivity contribution in [3.05, 3.63) is 52.1 Å². The molecule has 2 aromatic rings. The summed E-state index contributed by atoms with van der Waals surface area (Å²) in [4.78, 5) is 18.1. The number of hydrogen-bond acceptors (Lipinski definition) is 8. The zero-order valence-electron chi connectivity index (χ0n) is 20.2. The minimum absolute atomic E-state index is 0.00838. The van der Waals surface area contributed by atoms with Gasteiger partial charge in [-0.3, -0.25) is 4.79 Å². The van der Waals surface area contributed by atoms with Gasteiger partial charge < -0.3 is 20.1 Å². The fraction of sp³-hybridized carbons (Fsp3) is 0.462. The molecule has 8 nitrogen and oxygen atoms in total. The fourth-order valence-electron chi connectivity index (χ4n) is 4.10. The lowest BCUT2D eigenvalue weighted by Gasteiger charge is -2.33. The van der Waals surface area contributed by atoms with Crippen molar-refractivity contribution in [1.82, 2.24) is 10.3 Å². The van der Waals surface area contributed by atoms with Gasteiger partial charge in [0.05, 0.1) is 30.4 Å². The first-order valence-corrected chi connectivity index (χ1v) is 12.8. The Morgan fingerprint density at radius 2 is 1.86 bits per heavy atom. The van der Waals surface area contributed by atoms with Gasteiger partial charge in [-0.05, 0) is 36.0 Å². The minimum atomic E-state index is -0.0648. The standard InChI is InChI=1S/C26H31N5O3S/c1-3-22-23(14-27)25(31-10-8-21(9-11-31)34-13-12-32)30-26(24(22)15-28)35-17-20-6-4-19(5-7-20)16-29-18(2)33/h4-7,21,32H,3,8-13,16-17H2,1-2H3,(H,29,33). The predicted octanol–water partition coefficient (Wildman–Crippen LogP) is 3.29. The second kappa shape index (κ2) is 13.1. The van der Waals surface area contributed by atoms with Crippen molar-refractivity contribution >= 4 is 23.5 Å². The molecule has 0 unspecified atom stereocenters. The first-order valence-electron chi connectivity index (χ1n) is 11.8. The van der Waals surface area contributed by atoms with E-state index in [1.54, 1.807) is 0 Å². The number of nitrogens with one attached hydrogen (secondary N) is 1. The molecule has 0 radical (unpaired) electrons. The van der Waals surface area contributed by atoms with Crippen LogP contribution in [0.2, 0.25) is 0 Å². The Morgan fingerprint density at radius 1 is 1.20 bits per heavy atom. The van der Waals surface area contributed by atoms with E-state index in [0.29, 0.717) is 60.4 Å². The van der Waals surface area contributed by atoms with Crippen LogP contribution >= 0.6 is 11.8 Å². The third-order valence-electron chi connectivity index (χ3n) is 5.95. The van der Waals surface area contributed by atoms with Crippen LogP contribution in [0.5, 0.6) is 0 Å². The molecular weight excluding hydrogens is 462 g/mol. The van der Waals surface area contributed by atoms with E-state index in [2.05, 4.69) is 22.4 Å². The van der Waals surface area contributed by atoms with Gasteiger partial charge in [0.15, 0.2) is 0 Å². The number of thioether (sulfide) groups is 1. The zero-order chi connectivity index (χ0) is 25.2. The monoisotopic (exact) mass is 493 g/mol. The van der Waals surface area contributed by atoms with Gasteiger partial charge in [0.2, 0.25) is 5.91 Å². The topological polar surface area (TPSA) is 122 Å². The molecule has 2 heterocycles. The van der Waals surface area contributed by atoms with Crippen LogP contribution < -0.4 is 10.2 Å². The number of amides is 1. The molecule has 1 aliphatic heterocycles. The summed E-state index contributed by atoms with van der Waals surface area (Å²) in [6.45, 7) is 5.68.